The quantitative estimate of drug-likeness (QED) is 0.577. The van der Waals surface area contributed by atoms with Gasteiger partial charge < -0.3 is 10.2 Å². The average molecular weight is 461 g/mol. The Morgan fingerprint density at radius 2 is 2.00 bits per heavy atom. The van der Waals surface area contributed by atoms with E-state index in [0.29, 0.717) is 25.8 Å². The lowest BCUT2D eigenvalue weighted by atomic mass is 10.2. The monoisotopic (exact) mass is 460 g/mol. The molecule has 0 unspecified atom stereocenters. The van der Waals surface area contributed by atoms with E-state index in [-0.39, 0.29) is 5.91 Å². The first-order valence-electron chi connectivity index (χ1n) is 9.12. The van der Waals surface area contributed by atoms with E-state index >= 15 is 0 Å². The molecule has 10 heteroatoms. The van der Waals surface area contributed by atoms with E-state index < -0.39 is 0 Å². The Hall–Kier alpha value is -2.39. The molecule has 0 spiro atoms. The fraction of sp³-hybridized carbons (Fsp3) is 0.200. The largest absolute Gasteiger partial charge is 0.308 e. The van der Waals surface area contributed by atoms with Crippen molar-refractivity contribution in [3.8, 4) is 0 Å². The minimum Gasteiger partial charge on any atom is -0.308 e. The summed E-state index contributed by atoms with van der Waals surface area (Å²) in [5, 5.41) is 12.5. The van der Waals surface area contributed by atoms with Crippen LogP contribution in [-0.2, 0) is 11.3 Å². The Bertz CT molecular complexity index is 1170. The fourth-order valence-electron chi connectivity index (χ4n) is 2.86. The molecule has 1 saturated heterocycles. The molecule has 2 aromatic carbocycles. The lowest BCUT2D eigenvalue weighted by molar-refractivity contribution is -0.115. The number of thioether (sulfide) groups is 1. The number of hydrogen-bond acceptors (Lipinski definition) is 6. The molecular formula is C20H18Cl2N6OS. The SMILES string of the molecule is CN(C)CCn1nnc2ccc(/C=C3/SC(=Nc4c(Cl)cccc4Cl)NC3=O)cc21. The molecule has 4 rings (SSSR count). The molecular weight excluding hydrogens is 443 g/mol. The smallest absolute Gasteiger partial charge is 0.264 e. The summed E-state index contributed by atoms with van der Waals surface area (Å²) in [5.74, 6) is -0.221. The summed E-state index contributed by atoms with van der Waals surface area (Å²) in [6, 6.07) is 10.9. The summed E-state index contributed by atoms with van der Waals surface area (Å²) in [5.41, 5.74) is 3.05. The van der Waals surface area contributed by atoms with Gasteiger partial charge in [-0.15, -0.1) is 5.10 Å². The van der Waals surface area contributed by atoms with Gasteiger partial charge in [-0.05, 0) is 61.8 Å². The van der Waals surface area contributed by atoms with Crippen molar-refractivity contribution >= 4 is 68.8 Å². The van der Waals surface area contributed by atoms with Crippen molar-refractivity contribution in [1.82, 2.24) is 25.2 Å². The van der Waals surface area contributed by atoms with Crippen LogP contribution >= 0.6 is 35.0 Å². The van der Waals surface area contributed by atoms with Crippen LogP contribution in [0, 0.1) is 0 Å². The van der Waals surface area contributed by atoms with Crippen molar-refractivity contribution < 1.29 is 4.79 Å². The number of benzene rings is 2. The third-order valence-corrected chi connectivity index (χ3v) is 5.92. The van der Waals surface area contributed by atoms with Crippen molar-refractivity contribution in [2.75, 3.05) is 20.6 Å². The maximum absolute atomic E-state index is 12.4. The number of amidine groups is 1. The van der Waals surface area contributed by atoms with Crippen LogP contribution in [0.1, 0.15) is 5.56 Å². The zero-order valence-corrected chi connectivity index (χ0v) is 18.6. The van der Waals surface area contributed by atoms with Gasteiger partial charge in [-0.2, -0.15) is 0 Å². The van der Waals surface area contributed by atoms with E-state index in [9.17, 15) is 4.79 Å². The Labute approximate surface area is 187 Å². The van der Waals surface area contributed by atoms with E-state index in [2.05, 4.69) is 25.5 Å². The summed E-state index contributed by atoms with van der Waals surface area (Å²) < 4.78 is 1.87. The summed E-state index contributed by atoms with van der Waals surface area (Å²) >= 11 is 13.6. The van der Waals surface area contributed by atoms with Gasteiger partial charge >= 0.3 is 0 Å². The molecule has 2 heterocycles. The number of aromatic nitrogens is 3. The van der Waals surface area contributed by atoms with Crippen LogP contribution in [0.3, 0.4) is 0 Å². The number of nitrogens with one attached hydrogen (secondary N) is 1. The second kappa shape index (κ2) is 8.77. The molecule has 30 heavy (non-hydrogen) atoms. The number of para-hydroxylation sites is 1. The van der Waals surface area contributed by atoms with Crippen molar-refractivity contribution in [2.45, 2.75) is 6.54 Å². The number of hydrogen-bond donors (Lipinski definition) is 1. The molecule has 0 radical (unpaired) electrons. The zero-order chi connectivity index (χ0) is 21.3. The van der Waals surface area contributed by atoms with Gasteiger partial charge in [0, 0.05) is 6.54 Å². The van der Waals surface area contributed by atoms with E-state index in [1.165, 1.54) is 11.8 Å². The van der Waals surface area contributed by atoms with Gasteiger partial charge in [0.1, 0.15) is 11.2 Å². The first-order chi connectivity index (χ1) is 14.4. The number of carbonyl (C=O) groups excluding carboxylic acids is 1. The summed E-state index contributed by atoms with van der Waals surface area (Å²) in [6.45, 7) is 1.58. The lowest BCUT2D eigenvalue weighted by Crippen LogP contribution is -2.19. The molecule has 1 aromatic heterocycles. The van der Waals surface area contributed by atoms with Crippen molar-refractivity contribution in [1.29, 1.82) is 0 Å². The summed E-state index contributed by atoms with van der Waals surface area (Å²) in [4.78, 5) is 19.5. The first kappa shape index (κ1) is 20.9. The second-order valence-corrected chi connectivity index (χ2v) is 8.76. The van der Waals surface area contributed by atoms with Crippen molar-refractivity contribution in [2.24, 2.45) is 4.99 Å². The maximum atomic E-state index is 12.4. The zero-order valence-electron chi connectivity index (χ0n) is 16.3. The van der Waals surface area contributed by atoms with Crippen LogP contribution < -0.4 is 5.32 Å². The summed E-state index contributed by atoms with van der Waals surface area (Å²) in [7, 11) is 4.03. The Balaban J connectivity index is 1.60. The topological polar surface area (TPSA) is 75.4 Å². The predicted molar refractivity (Wildman–Crippen MR) is 123 cm³/mol. The van der Waals surface area contributed by atoms with E-state index in [1.54, 1.807) is 18.2 Å². The van der Waals surface area contributed by atoms with E-state index in [1.807, 2.05) is 43.1 Å². The van der Waals surface area contributed by atoms with Crippen LogP contribution in [0.15, 0.2) is 46.3 Å². The van der Waals surface area contributed by atoms with Gasteiger partial charge in [-0.1, -0.05) is 40.5 Å². The molecule has 154 valence electrons. The normalized spacial score (nSPS) is 16.9. The highest BCUT2D eigenvalue weighted by Crippen LogP contribution is 2.35. The molecule has 0 saturated carbocycles. The highest BCUT2D eigenvalue weighted by molar-refractivity contribution is 8.18. The Morgan fingerprint density at radius 1 is 1.23 bits per heavy atom. The molecule has 1 amide bonds. The molecule has 1 aliphatic rings. The number of rotatable bonds is 5. The number of aliphatic imine (C=N–C) groups is 1. The minimum atomic E-state index is -0.221. The van der Waals surface area contributed by atoms with Crippen LogP contribution in [0.5, 0.6) is 0 Å². The number of amides is 1. The fourth-order valence-corrected chi connectivity index (χ4v) is 4.17. The molecule has 1 N–H and O–H groups in total. The average Bonchev–Trinajstić information content (AvgIpc) is 3.26. The molecule has 1 fully saturated rings. The third-order valence-electron chi connectivity index (χ3n) is 4.40. The molecule has 3 aromatic rings. The van der Waals surface area contributed by atoms with Crippen LogP contribution in [-0.4, -0.2) is 51.6 Å². The third kappa shape index (κ3) is 4.52. The molecule has 0 aliphatic carbocycles. The van der Waals surface area contributed by atoms with Gasteiger partial charge in [-0.3, -0.25) is 4.79 Å². The van der Waals surface area contributed by atoms with Gasteiger partial charge in [0.2, 0.25) is 0 Å². The maximum Gasteiger partial charge on any atom is 0.264 e. The lowest BCUT2D eigenvalue weighted by Gasteiger charge is -2.09. The number of nitrogens with zero attached hydrogens (tertiary/aromatic N) is 5. The molecule has 1 aliphatic heterocycles. The van der Waals surface area contributed by atoms with E-state index in [4.69, 9.17) is 23.2 Å². The second-order valence-electron chi connectivity index (χ2n) is 6.92. The first-order valence-corrected chi connectivity index (χ1v) is 10.7. The number of carbonyl (C=O) groups is 1. The number of likely N-dealkylation sites (N-methyl/N-ethyl adjacent to an activating group) is 1. The summed E-state index contributed by atoms with van der Waals surface area (Å²) in [6.07, 6.45) is 1.82. The minimum absolute atomic E-state index is 0.221. The van der Waals surface area contributed by atoms with Crippen molar-refractivity contribution in [3.05, 3.63) is 56.9 Å². The standard InChI is InChI=1S/C20H18Cl2N6OS/c1-27(2)8-9-28-16-10-12(6-7-15(16)25-26-28)11-17-19(29)24-20(30-17)23-18-13(21)4-3-5-14(18)22/h3-7,10-11H,8-9H2,1-2H3,(H,23,24,29)/b17-11+. The number of fused-ring (bicyclic) bond motifs is 1. The molecule has 0 atom stereocenters. The van der Waals surface area contributed by atoms with Gasteiger partial charge in [-0.25, -0.2) is 9.67 Å². The molecule has 0 bridgehead atoms. The van der Waals surface area contributed by atoms with Crippen LogP contribution in [0.2, 0.25) is 10.0 Å². The van der Waals surface area contributed by atoms with Gasteiger partial charge in [0.15, 0.2) is 5.17 Å². The highest BCUT2D eigenvalue weighted by Gasteiger charge is 2.24. The van der Waals surface area contributed by atoms with Gasteiger partial charge in [0.05, 0.1) is 27.0 Å². The Kier molecular flexibility index (Phi) is 6.10. The highest BCUT2D eigenvalue weighted by atomic mass is 35.5. The van der Waals surface area contributed by atoms with Gasteiger partial charge in [0.25, 0.3) is 5.91 Å². The number of halogens is 2. The van der Waals surface area contributed by atoms with E-state index in [0.717, 1.165) is 29.7 Å². The van der Waals surface area contributed by atoms with Crippen molar-refractivity contribution in [3.63, 3.8) is 0 Å². The Morgan fingerprint density at radius 3 is 2.73 bits per heavy atom. The molecule has 7 nitrogen and oxygen atoms in total. The van der Waals surface area contributed by atoms with Crippen LogP contribution in [0.25, 0.3) is 17.1 Å². The predicted octanol–water partition coefficient (Wildman–Crippen LogP) is 4.19. The van der Waals surface area contributed by atoms with Crippen LogP contribution in [0.4, 0.5) is 5.69 Å².